The van der Waals surface area contributed by atoms with Gasteiger partial charge < -0.3 is 9.84 Å². The number of nitrogens with zero attached hydrogens (tertiary/aromatic N) is 1. The number of ether oxygens (including phenoxy) is 1. The van der Waals surface area contributed by atoms with Crippen LogP contribution in [0.25, 0.3) is 0 Å². The van der Waals surface area contributed by atoms with E-state index in [9.17, 15) is 5.11 Å². The van der Waals surface area contributed by atoms with Gasteiger partial charge >= 0.3 is 0 Å². The van der Waals surface area contributed by atoms with Crippen LogP contribution < -0.4 is 4.74 Å². The Morgan fingerprint density at radius 2 is 2.11 bits per heavy atom. The van der Waals surface area contributed by atoms with Crippen molar-refractivity contribution in [2.75, 3.05) is 13.2 Å². The van der Waals surface area contributed by atoms with Crippen LogP contribution in [0.4, 0.5) is 0 Å². The van der Waals surface area contributed by atoms with Gasteiger partial charge in [0.1, 0.15) is 18.1 Å². The van der Waals surface area contributed by atoms with Crippen molar-refractivity contribution in [2.45, 2.75) is 44.7 Å². The quantitative estimate of drug-likeness (QED) is 0.891. The third-order valence-electron chi connectivity index (χ3n) is 4.31. The summed E-state index contributed by atoms with van der Waals surface area (Å²) < 4.78 is 5.73. The molecule has 1 saturated carbocycles. The first-order chi connectivity index (χ1) is 8.79. The molecular weight excluding hydrogens is 226 g/mol. The molecule has 0 aromatic heterocycles. The summed E-state index contributed by atoms with van der Waals surface area (Å²) in [4.78, 5) is 2.58. The number of phenols is 1. The van der Waals surface area contributed by atoms with Gasteiger partial charge in [0.15, 0.2) is 0 Å². The van der Waals surface area contributed by atoms with Crippen molar-refractivity contribution in [1.82, 2.24) is 4.90 Å². The maximum absolute atomic E-state index is 9.50. The van der Waals surface area contributed by atoms with Crippen LogP contribution in [0.1, 0.15) is 44.2 Å². The van der Waals surface area contributed by atoms with Crippen LogP contribution in [0.5, 0.6) is 11.5 Å². The van der Waals surface area contributed by atoms with E-state index in [4.69, 9.17) is 4.74 Å². The summed E-state index contributed by atoms with van der Waals surface area (Å²) in [5, 5.41) is 9.50. The third-order valence-corrected chi connectivity index (χ3v) is 4.31. The van der Waals surface area contributed by atoms with Crippen molar-refractivity contribution in [3.8, 4) is 11.5 Å². The highest BCUT2D eigenvalue weighted by molar-refractivity contribution is 5.44. The summed E-state index contributed by atoms with van der Waals surface area (Å²) in [5.41, 5.74) is 1.24. The molecule has 3 heteroatoms. The largest absolute Gasteiger partial charge is 0.508 e. The number of fused-ring (bicyclic) bond motifs is 1. The van der Waals surface area contributed by atoms with E-state index in [0.717, 1.165) is 18.9 Å². The van der Waals surface area contributed by atoms with E-state index in [1.54, 1.807) is 12.1 Å². The zero-order valence-corrected chi connectivity index (χ0v) is 10.9. The molecule has 1 N–H and O–H groups in total. The van der Waals surface area contributed by atoms with Crippen LogP contribution in [0.3, 0.4) is 0 Å². The molecule has 1 aromatic rings. The van der Waals surface area contributed by atoms with Crippen molar-refractivity contribution in [3.05, 3.63) is 23.8 Å². The highest BCUT2D eigenvalue weighted by Gasteiger charge is 2.34. The summed E-state index contributed by atoms with van der Waals surface area (Å²) in [5.74, 6) is 1.15. The van der Waals surface area contributed by atoms with Gasteiger partial charge in [0.2, 0.25) is 0 Å². The van der Waals surface area contributed by atoms with Crippen molar-refractivity contribution in [1.29, 1.82) is 0 Å². The Balaban J connectivity index is 1.85. The number of benzene rings is 1. The standard InChI is InChI=1S/C15H21NO2/c1-2-16(11-5-3-4-6-11)14-10-18-15-9-12(17)7-8-13(14)15/h7-9,11,14,17H,2-6,10H2,1H3. The number of phenolic OH excluding ortho intramolecular Hbond substituents is 1. The first-order valence-corrected chi connectivity index (χ1v) is 7.01. The molecule has 98 valence electrons. The maximum Gasteiger partial charge on any atom is 0.127 e. The van der Waals surface area contributed by atoms with Crippen molar-refractivity contribution < 1.29 is 9.84 Å². The lowest BCUT2D eigenvalue weighted by Crippen LogP contribution is -2.37. The van der Waals surface area contributed by atoms with Gasteiger partial charge in [-0.25, -0.2) is 0 Å². The van der Waals surface area contributed by atoms with E-state index in [1.807, 2.05) is 6.07 Å². The number of hydrogen-bond acceptors (Lipinski definition) is 3. The molecule has 0 radical (unpaired) electrons. The highest BCUT2D eigenvalue weighted by atomic mass is 16.5. The van der Waals surface area contributed by atoms with E-state index >= 15 is 0 Å². The average molecular weight is 247 g/mol. The van der Waals surface area contributed by atoms with Crippen LogP contribution in [0.2, 0.25) is 0 Å². The molecule has 2 aliphatic rings. The van der Waals surface area contributed by atoms with Gasteiger partial charge in [0, 0.05) is 17.7 Å². The first-order valence-electron chi connectivity index (χ1n) is 7.01. The second-order valence-corrected chi connectivity index (χ2v) is 5.32. The molecule has 1 aliphatic carbocycles. The fourth-order valence-electron chi connectivity index (χ4n) is 3.43. The number of likely N-dealkylation sites (N-methyl/N-ethyl adjacent to an activating group) is 1. The summed E-state index contributed by atoms with van der Waals surface area (Å²) in [6.45, 7) is 4.03. The molecule has 3 nitrogen and oxygen atoms in total. The van der Waals surface area contributed by atoms with Crippen molar-refractivity contribution in [3.63, 3.8) is 0 Å². The van der Waals surface area contributed by atoms with Crippen LogP contribution in [-0.4, -0.2) is 29.2 Å². The number of aromatic hydroxyl groups is 1. The number of hydrogen-bond donors (Lipinski definition) is 1. The monoisotopic (exact) mass is 247 g/mol. The Kier molecular flexibility index (Phi) is 3.16. The Labute approximate surface area is 108 Å². The molecule has 1 aromatic carbocycles. The minimum Gasteiger partial charge on any atom is -0.508 e. The van der Waals surface area contributed by atoms with Gasteiger partial charge in [-0.15, -0.1) is 0 Å². The summed E-state index contributed by atoms with van der Waals surface area (Å²) in [7, 11) is 0. The van der Waals surface area contributed by atoms with E-state index in [1.165, 1.54) is 31.2 Å². The third kappa shape index (κ3) is 1.97. The zero-order valence-electron chi connectivity index (χ0n) is 10.9. The minimum atomic E-state index is 0.290. The topological polar surface area (TPSA) is 32.7 Å². The van der Waals surface area contributed by atoms with Gasteiger partial charge in [-0.3, -0.25) is 4.90 Å². The van der Waals surface area contributed by atoms with Gasteiger partial charge in [0.25, 0.3) is 0 Å². The van der Waals surface area contributed by atoms with E-state index in [2.05, 4.69) is 11.8 Å². The lowest BCUT2D eigenvalue weighted by molar-refractivity contribution is 0.121. The first kappa shape index (κ1) is 11.8. The molecular formula is C15H21NO2. The smallest absolute Gasteiger partial charge is 0.127 e. The van der Waals surface area contributed by atoms with Crippen molar-refractivity contribution >= 4 is 0 Å². The average Bonchev–Trinajstić information content (AvgIpc) is 3.00. The summed E-state index contributed by atoms with van der Waals surface area (Å²) in [6.07, 6.45) is 5.35. The summed E-state index contributed by atoms with van der Waals surface area (Å²) in [6, 6.07) is 6.60. The van der Waals surface area contributed by atoms with Gasteiger partial charge in [-0.05, 0) is 31.5 Å². The Bertz CT molecular complexity index is 427. The van der Waals surface area contributed by atoms with E-state index in [-0.39, 0.29) is 0 Å². The molecule has 0 amide bonds. The fraction of sp³-hybridized carbons (Fsp3) is 0.600. The van der Waals surface area contributed by atoms with Gasteiger partial charge in [-0.2, -0.15) is 0 Å². The Hall–Kier alpha value is -1.22. The molecule has 0 bridgehead atoms. The molecule has 1 fully saturated rings. The molecule has 1 unspecified atom stereocenters. The van der Waals surface area contributed by atoms with E-state index in [0.29, 0.717) is 17.8 Å². The fourth-order valence-corrected chi connectivity index (χ4v) is 3.43. The van der Waals surface area contributed by atoms with Crippen LogP contribution >= 0.6 is 0 Å². The van der Waals surface area contributed by atoms with Crippen LogP contribution in [-0.2, 0) is 0 Å². The molecule has 1 atom stereocenters. The van der Waals surface area contributed by atoms with Crippen LogP contribution in [0.15, 0.2) is 18.2 Å². The molecule has 0 spiro atoms. The normalized spacial score (nSPS) is 23.3. The predicted molar refractivity (Wildman–Crippen MR) is 71.0 cm³/mol. The van der Waals surface area contributed by atoms with E-state index < -0.39 is 0 Å². The highest BCUT2D eigenvalue weighted by Crippen LogP contribution is 2.40. The minimum absolute atomic E-state index is 0.290. The zero-order chi connectivity index (χ0) is 12.5. The molecule has 0 saturated heterocycles. The molecule has 18 heavy (non-hydrogen) atoms. The SMILES string of the molecule is CCN(C1CCCC1)C1COc2cc(O)ccc21. The van der Waals surface area contributed by atoms with Crippen LogP contribution in [0, 0.1) is 0 Å². The second kappa shape index (κ2) is 4.81. The predicted octanol–water partition coefficient (Wildman–Crippen LogP) is 3.09. The molecule has 1 aliphatic heterocycles. The van der Waals surface area contributed by atoms with Gasteiger partial charge in [0.05, 0.1) is 6.04 Å². The molecule has 1 heterocycles. The lowest BCUT2D eigenvalue weighted by Gasteiger charge is -2.32. The maximum atomic E-state index is 9.50. The Morgan fingerprint density at radius 3 is 2.83 bits per heavy atom. The Morgan fingerprint density at radius 1 is 1.33 bits per heavy atom. The summed E-state index contributed by atoms with van der Waals surface area (Å²) >= 11 is 0. The van der Waals surface area contributed by atoms with Gasteiger partial charge in [-0.1, -0.05) is 19.8 Å². The number of rotatable bonds is 3. The lowest BCUT2D eigenvalue weighted by atomic mass is 10.0. The molecule has 3 rings (SSSR count). The van der Waals surface area contributed by atoms with Crippen molar-refractivity contribution in [2.24, 2.45) is 0 Å². The second-order valence-electron chi connectivity index (χ2n) is 5.32.